The summed E-state index contributed by atoms with van der Waals surface area (Å²) in [7, 11) is 2.24. The fourth-order valence-corrected chi connectivity index (χ4v) is 1.72. The first-order valence-electron chi connectivity index (χ1n) is 6.78. The zero-order chi connectivity index (χ0) is 12.7. The lowest BCUT2D eigenvalue weighted by Crippen LogP contribution is -2.44. The molecule has 2 heteroatoms. The van der Waals surface area contributed by atoms with Crippen molar-refractivity contribution in [3.63, 3.8) is 0 Å². The van der Waals surface area contributed by atoms with Crippen molar-refractivity contribution in [1.82, 2.24) is 10.2 Å². The quantitative estimate of drug-likeness (QED) is 0.643. The van der Waals surface area contributed by atoms with Gasteiger partial charge in [-0.25, -0.2) is 0 Å². The van der Waals surface area contributed by atoms with Crippen molar-refractivity contribution in [3.8, 4) is 0 Å². The van der Waals surface area contributed by atoms with Gasteiger partial charge in [0.25, 0.3) is 0 Å². The largest absolute Gasteiger partial charge is 0.315 e. The van der Waals surface area contributed by atoms with Gasteiger partial charge in [-0.1, -0.05) is 27.7 Å². The molecule has 0 rings (SSSR count). The van der Waals surface area contributed by atoms with Gasteiger partial charge in [-0.3, -0.25) is 4.90 Å². The van der Waals surface area contributed by atoms with Crippen LogP contribution in [0.4, 0.5) is 0 Å². The first-order chi connectivity index (χ1) is 7.36. The Balaban J connectivity index is 3.75. The van der Waals surface area contributed by atoms with Crippen molar-refractivity contribution in [2.45, 2.75) is 60.0 Å². The molecule has 98 valence electrons. The molecule has 2 unspecified atom stereocenters. The highest BCUT2D eigenvalue weighted by molar-refractivity contribution is 4.74. The van der Waals surface area contributed by atoms with E-state index < -0.39 is 0 Å². The molecule has 1 N–H and O–H groups in total. The van der Waals surface area contributed by atoms with E-state index >= 15 is 0 Å². The van der Waals surface area contributed by atoms with Crippen molar-refractivity contribution >= 4 is 0 Å². The summed E-state index contributed by atoms with van der Waals surface area (Å²) in [6.07, 6.45) is 1.27. The van der Waals surface area contributed by atoms with Crippen molar-refractivity contribution in [3.05, 3.63) is 0 Å². The Bertz CT molecular complexity index is 166. The van der Waals surface area contributed by atoms with Crippen molar-refractivity contribution in [2.24, 2.45) is 11.8 Å². The first-order valence-corrected chi connectivity index (χ1v) is 6.78. The van der Waals surface area contributed by atoms with Gasteiger partial charge < -0.3 is 5.32 Å². The van der Waals surface area contributed by atoms with Crippen LogP contribution in [0.5, 0.6) is 0 Å². The van der Waals surface area contributed by atoms with E-state index in [-0.39, 0.29) is 0 Å². The number of nitrogens with one attached hydrogen (secondary N) is 1. The van der Waals surface area contributed by atoms with Gasteiger partial charge >= 0.3 is 0 Å². The van der Waals surface area contributed by atoms with Crippen LogP contribution in [0.2, 0.25) is 0 Å². The Labute approximate surface area is 103 Å². The van der Waals surface area contributed by atoms with Gasteiger partial charge in [0.2, 0.25) is 0 Å². The Hall–Kier alpha value is -0.0800. The van der Waals surface area contributed by atoms with Crippen LogP contribution in [0.1, 0.15) is 48.0 Å². The fourth-order valence-electron chi connectivity index (χ4n) is 1.72. The maximum atomic E-state index is 3.55. The van der Waals surface area contributed by atoms with E-state index in [4.69, 9.17) is 0 Å². The van der Waals surface area contributed by atoms with Gasteiger partial charge in [-0.2, -0.15) is 0 Å². The van der Waals surface area contributed by atoms with Crippen molar-refractivity contribution in [2.75, 3.05) is 20.1 Å². The van der Waals surface area contributed by atoms with Crippen LogP contribution in [0.3, 0.4) is 0 Å². The molecule has 0 saturated heterocycles. The average molecular weight is 228 g/mol. The lowest BCUT2D eigenvalue weighted by atomic mass is 10.0. The summed E-state index contributed by atoms with van der Waals surface area (Å²) in [6.45, 7) is 16.0. The zero-order valence-electron chi connectivity index (χ0n) is 12.4. The Kier molecular flexibility index (Phi) is 8.04. The highest BCUT2D eigenvalue weighted by Crippen LogP contribution is 2.10. The number of likely N-dealkylation sites (N-methyl/N-ethyl adjacent to an activating group) is 1. The maximum absolute atomic E-state index is 3.55. The van der Waals surface area contributed by atoms with Gasteiger partial charge in [0.1, 0.15) is 0 Å². The van der Waals surface area contributed by atoms with Gasteiger partial charge in [0.05, 0.1) is 0 Å². The Morgan fingerprint density at radius 2 is 1.56 bits per heavy atom. The minimum Gasteiger partial charge on any atom is -0.315 e. The Morgan fingerprint density at radius 1 is 1.00 bits per heavy atom. The molecular formula is C14H32N2. The summed E-state index contributed by atoms with van der Waals surface area (Å²) in [5.41, 5.74) is 0. The van der Waals surface area contributed by atoms with Crippen LogP contribution in [0.15, 0.2) is 0 Å². The summed E-state index contributed by atoms with van der Waals surface area (Å²) in [5, 5.41) is 3.55. The van der Waals surface area contributed by atoms with E-state index in [2.05, 4.69) is 58.8 Å². The van der Waals surface area contributed by atoms with Crippen molar-refractivity contribution < 1.29 is 0 Å². The van der Waals surface area contributed by atoms with E-state index in [9.17, 15) is 0 Å². The molecule has 0 aliphatic heterocycles. The molecule has 0 spiro atoms. The van der Waals surface area contributed by atoms with Gasteiger partial charge in [-0.05, 0) is 45.7 Å². The van der Waals surface area contributed by atoms with Crippen LogP contribution in [-0.2, 0) is 0 Å². The van der Waals surface area contributed by atoms with Crippen molar-refractivity contribution in [1.29, 1.82) is 0 Å². The molecule has 0 amide bonds. The molecule has 16 heavy (non-hydrogen) atoms. The van der Waals surface area contributed by atoms with Gasteiger partial charge in [0, 0.05) is 18.6 Å². The average Bonchev–Trinajstić information content (AvgIpc) is 2.21. The van der Waals surface area contributed by atoms with Crippen LogP contribution >= 0.6 is 0 Å². The molecule has 0 heterocycles. The van der Waals surface area contributed by atoms with E-state index in [0.29, 0.717) is 12.1 Å². The summed E-state index contributed by atoms with van der Waals surface area (Å²) < 4.78 is 0. The summed E-state index contributed by atoms with van der Waals surface area (Å²) in [6, 6.07) is 1.27. The van der Waals surface area contributed by atoms with Crippen LogP contribution in [0, 0.1) is 11.8 Å². The van der Waals surface area contributed by atoms with E-state index in [1.165, 1.54) is 6.42 Å². The molecule has 0 aliphatic carbocycles. The first kappa shape index (κ1) is 15.9. The molecule has 0 bridgehead atoms. The lowest BCUT2D eigenvalue weighted by Gasteiger charge is -2.33. The fraction of sp³-hybridized carbons (Fsp3) is 1.00. The SMILES string of the molecule is CC(C)CCNCC(C)N(C)C(C)C(C)C. The van der Waals surface area contributed by atoms with E-state index in [1.54, 1.807) is 0 Å². The molecule has 0 aromatic carbocycles. The smallest absolute Gasteiger partial charge is 0.0192 e. The Morgan fingerprint density at radius 3 is 2.00 bits per heavy atom. The predicted molar refractivity (Wildman–Crippen MR) is 73.8 cm³/mol. The van der Waals surface area contributed by atoms with Gasteiger partial charge in [0.15, 0.2) is 0 Å². The van der Waals surface area contributed by atoms with Crippen LogP contribution in [0.25, 0.3) is 0 Å². The third-order valence-corrected chi connectivity index (χ3v) is 3.64. The normalized spacial score (nSPS) is 16.1. The molecule has 2 atom stereocenters. The van der Waals surface area contributed by atoms with Crippen LogP contribution < -0.4 is 5.32 Å². The molecule has 0 aromatic rings. The molecule has 0 aromatic heterocycles. The maximum Gasteiger partial charge on any atom is 0.0192 e. The summed E-state index contributed by atoms with van der Waals surface area (Å²) >= 11 is 0. The summed E-state index contributed by atoms with van der Waals surface area (Å²) in [4.78, 5) is 2.48. The molecular weight excluding hydrogens is 196 g/mol. The van der Waals surface area contributed by atoms with E-state index in [0.717, 1.165) is 24.9 Å². The van der Waals surface area contributed by atoms with Crippen LogP contribution in [-0.4, -0.2) is 37.1 Å². The highest BCUT2D eigenvalue weighted by Gasteiger charge is 2.17. The summed E-state index contributed by atoms with van der Waals surface area (Å²) in [5.74, 6) is 1.53. The predicted octanol–water partition coefficient (Wildman–Crippen LogP) is 2.99. The number of rotatable bonds is 8. The standard InChI is InChI=1S/C14H32N2/c1-11(2)8-9-15-10-13(5)16(7)14(6)12(3)4/h11-15H,8-10H2,1-7H3. The molecule has 0 aliphatic rings. The monoisotopic (exact) mass is 228 g/mol. The van der Waals surface area contributed by atoms with E-state index in [1.807, 2.05) is 0 Å². The zero-order valence-corrected chi connectivity index (χ0v) is 12.4. The number of nitrogens with zero attached hydrogens (tertiary/aromatic N) is 1. The van der Waals surface area contributed by atoms with Gasteiger partial charge in [-0.15, -0.1) is 0 Å². The molecule has 0 saturated carbocycles. The second-order valence-corrected chi connectivity index (χ2v) is 5.89. The third kappa shape index (κ3) is 6.49. The minimum atomic E-state index is 0.615. The number of hydrogen-bond acceptors (Lipinski definition) is 2. The second kappa shape index (κ2) is 8.08. The third-order valence-electron chi connectivity index (χ3n) is 3.64. The lowest BCUT2D eigenvalue weighted by molar-refractivity contribution is 0.155. The topological polar surface area (TPSA) is 15.3 Å². The number of hydrogen-bond donors (Lipinski definition) is 1. The molecule has 2 nitrogen and oxygen atoms in total. The highest BCUT2D eigenvalue weighted by atomic mass is 15.2. The molecule has 0 fully saturated rings. The molecule has 0 radical (unpaired) electrons. The second-order valence-electron chi connectivity index (χ2n) is 5.89. The minimum absolute atomic E-state index is 0.615.